The van der Waals surface area contributed by atoms with Gasteiger partial charge < -0.3 is 10.5 Å². The van der Waals surface area contributed by atoms with Gasteiger partial charge in [0.05, 0.1) is 12.2 Å². The lowest BCUT2D eigenvalue weighted by atomic mass is 9.81. The van der Waals surface area contributed by atoms with E-state index in [1.165, 1.54) is 5.56 Å². The first-order chi connectivity index (χ1) is 8.49. The van der Waals surface area contributed by atoms with Gasteiger partial charge in [0.1, 0.15) is 0 Å². The van der Waals surface area contributed by atoms with Crippen molar-refractivity contribution in [3.05, 3.63) is 34.9 Å². The van der Waals surface area contributed by atoms with Crippen LogP contribution in [0.15, 0.2) is 24.3 Å². The molecule has 0 aromatic heterocycles. The highest BCUT2D eigenvalue weighted by molar-refractivity contribution is 6.30. The minimum Gasteiger partial charge on any atom is -0.375 e. The Kier molecular flexibility index (Phi) is 4.31. The standard InChI is InChI=1S/C15H22ClNO/c1-9-10(2)18-11(3)15(9)14(17)8-12-5-4-6-13(16)7-12/h4-7,9-11,14-15H,8,17H2,1-3H3. The second-order valence-corrected chi connectivity index (χ2v) is 5.92. The molecule has 0 bridgehead atoms. The SMILES string of the molecule is CC1OC(C)C(C(N)Cc2cccc(Cl)c2)C1C. The highest BCUT2D eigenvalue weighted by Gasteiger charge is 2.40. The zero-order chi connectivity index (χ0) is 13.3. The van der Waals surface area contributed by atoms with Gasteiger partial charge in [0, 0.05) is 17.0 Å². The van der Waals surface area contributed by atoms with Gasteiger partial charge in [0.25, 0.3) is 0 Å². The third kappa shape index (κ3) is 2.87. The lowest BCUT2D eigenvalue weighted by Gasteiger charge is -2.25. The number of hydrogen-bond acceptors (Lipinski definition) is 2. The van der Waals surface area contributed by atoms with Crippen molar-refractivity contribution in [2.75, 3.05) is 0 Å². The van der Waals surface area contributed by atoms with Gasteiger partial charge in [-0.1, -0.05) is 30.7 Å². The minimum absolute atomic E-state index is 0.124. The van der Waals surface area contributed by atoms with E-state index in [0.29, 0.717) is 17.9 Å². The molecule has 2 rings (SSSR count). The number of halogens is 1. The molecule has 5 atom stereocenters. The fraction of sp³-hybridized carbons (Fsp3) is 0.600. The van der Waals surface area contributed by atoms with Crippen molar-refractivity contribution >= 4 is 11.6 Å². The molecule has 1 aromatic rings. The minimum atomic E-state index is 0.124. The molecule has 0 aliphatic carbocycles. The topological polar surface area (TPSA) is 35.2 Å². The van der Waals surface area contributed by atoms with Crippen LogP contribution in [0.4, 0.5) is 0 Å². The summed E-state index contributed by atoms with van der Waals surface area (Å²) >= 11 is 6.00. The zero-order valence-corrected chi connectivity index (χ0v) is 12.0. The highest BCUT2D eigenvalue weighted by Crippen LogP contribution is 2.34. The van der Waals surface area contributed by atoms with Gasteiger partial charge in [-0.2, -0.15) is 0 Å². The molecule has 1 aliphatic rings. The number of nitrogens with two attached hydrogens (primary N) is 1. The van der Waals surface area contributed by atoms with E-state index in [1.54, 1.807) is 0 Å². The molecule has 1 aromatic carbocycles. The van der Waals surface area contributed by atoms with Crippen molar-refractivity contribution in [2.24, 2.45) is 17.6 Å². The molecule has 0 spiro atoms. The van der Waals surface area contributed by atoms with E-state index in [1.807, 2.05) is 18.2 Å². The van der Waals surface area contributed by atoms with E-state index < -0.39 is 0 Å². The molecule has 1 saturated heterocycles. The van der Waals surface area contributed by atoms with Crippen molar-refractivity contribution < 1.29 is 4.74 Å². The van der Waals surface area contributed by atoms with Crippen LogP contribution in [-0.2, 0) is 11.2 Å². The van der Waals surface area contributed by atoms with Crippen LogP contribution in [0.2, 0.25) is 5.02 Å². The summed E-state index contributed by atoms with van der Waals surface area (Å²) in [5.74, 6) is 0.924. The van der Waals surface area contributed by atoms with Crippen LogP contribution in [0.3, 0.4) is 0 Å². The smallest absolute Gasteiger partial charge is 0.0597 e. The van der Waals surface area contributed by atoms with Crippen LogP contribution in [-0.4, -0.2) is 18.2 Å². The molecule has 1 heterocycles. The van der Waals surface area contributed by atoms with E-state index in [-0.39, 0.29) is 12.1 Å². The van der Waals surface area contributed by atoms with E-state index in [4.69, 9.17) is 22.1 Å². The van der Waals surface area contributed by atoms with Crippen molar-refractivity contribution in [3.63, 3.8) is 0 Å². The van der Waals surface area contributed by atoms with E-state index in [2.05, 4.69) is 26.8 Å². The maximum Gasteiger partial charge on any atom is 0.0597 e. The van der Waals surface area contributed by atoms with Crippen LogP contribution in [0, 0.1) is 11.8 Å². The van der Waals surface area contributed by atoms with Gasteiger partial charge in [0.2, 0.25) is 0 Å². The highest BCUT2D eigenvalue weighted by atomic mass is 35.5. The second-order valence-electron chi connectivity index (χ2n) is 5.48. The van der Waals surface area contributed by atoms with Crippen LogP contribution < -0.4 is 5.73 Å². The molecular formula is C15H22ClNO. The van der Waals surface area contributed by atoms with Crippen molar-refractivity contribution in [1.82, 2.24) is 0 Å². The van der Waals surface area contributed by atoms with Crippen molar-refractivity contribution in [3.8, 4) is 0 Å². The lowest BCUT2D eigenvalue weighted by molar-refractivity contribution is 0.0490. The second kappa shape index (κ2) is 5.60. The summed E-state index contributed by atoms with van der Waals surface area (Å²) in [7, 11) is 0. The van der Waals surface area contributed by atoms with Crippen LogP contribution in [0.1, 0.15) is 26.3 Å². The number of ether oxygens (including phenoxy) is 1. The first-order valence-electron chi connectivity index (χ1n) is 6.64. The average molecular weight is 268 g/mol. The third-order valence-corrected chi connectivity index (χ3v) is 4.41. The monoisotopic (exact) mass is 267 g/mol. The molecule has 0 saturated carbocycles. The van der Waals surface area contributed by atoms with Gasteiger partial charge in [-0.05, 0) is 43.9 Å². The van der Waals surface area contributed by atoms with Crippen molar-refractivity contribution in [2.45, 2.75) is 45.4 Å². The summed E-state index contributed by atoms with van der Waals surface area (Å²) in [6, 6.07) is 8.07. The summed E-state index contributed by atoms with van der Waals surface area (Å²) in [6.07, 6.45) is 1.40. The molecule has 0 amide bonds. The largest absolute Gasteiger partial charge is 0.375 e. The third-order valence-electron chi connectivity index (χ3n) is 4.17. The van der Waals surface area contributed by atoms with E-state index >= 15 is 0 Å². The normalized spacial score (nSPS) is 33.6. The van der Waals surface area contributed by atoms with Crippen LogP contribution in [0.25, 0.3) is 0 Å². The fourth-order valence-corrected chi connectivity index (χ4v) is 3.32. The fourth-order valence-electron chi connectivity index (χ4n) is 3.10. The molecule has 18 heavy (non-hydrogen) atoms. The Bertz CT molecular complexity index is 409. The van der Waals surface area contributed by atoms with Gasteiger partial charge >= 0.3 is 0 Å². The predicted molar refractivity (Wildman–Crippen MR) is 75.8 cm³/mol. The molecule has 1 fully saturated rings. The zero-order valence-electron chi connectivity index (χ0n) is 11.3. The first kappa shape index (κ1) is 13.9. The van der Waals surface area contributed by atoms with Gasteiger partial charge in [-0.25, -0.2) is 0 Å². The Balaban J connectivity index is 2.06. The molecule has 2 nitrogen and oxygen atoms in total. The van der Waals surface area contributed by atoms with Gasteiger partial charge in [-0.3, -0.25) is 0 Å². The Morgan fingerprint density at radius 3 is 2.56 bits per heavy atom. The summed E-state index contributed by atoms with van der Waals surface area (Å²) in [4.78, 5) is 0. The lowest BCUT2D eigenvalue weighted by Crippen LogP contribution is -2.39. The summed E-state index contributed by atoms with van der Waals surface area (Å²) < 4.78 is 5.86. The van der Waals surface area contributed by atoms with Gasteiger partial charge in [-0.15, -0.1) is 0 Å². The van der Waals surface area contributed by atoms with Crippen molar-refractivity contribution in [1.29, 1.82) is 0 Å². The molecule has 3 heteroatoms. The predicted octanol–water partition coefficient (Wildman–Crippen LogP) is 3.27. The van der Waals surface area contributed by atoms with Gasteiger partial charge in [0.15, 0.2) is 0 Å². The molecule has 100 valence electrons. The maximum absolute atomic E-state index is 6.38. The summed E-state index contributed by atoms with van der Waals surface area (Å²) in [6.45, 7) is 6.49. The number of rotatable bonds is 3. The van der Waals surface area contributed by atoms with Crippen LogP contribution >= 0.6 is 11.6 Å². The summed E-state index contributed by atoms with van der Waals surface area (Å²) in [5, 5.41) is 0.775. The maximum atomic E-state index is 6.38. The Hall–Kier alpha value is -0.570. The Labute approximate surface area is 114 Å². The molecule has 5 unspecified atom stereocenters. The van der Waals surface area contributed by atoms with E-state index in [9.17, 15) is 0 Å². The number of benzene rings is 1. The molecule has 0 radical (unpaired) electrons. The Morgan fingerprint density at radius 1 is 1.28 bits per heavy atom. The molecule has 1 aliphatic heterocycles. The summed E-state index contributed by atoms with van der Waals surface area (Å²) in [5.41, 5.74) is 7.58. The van der Waals surface area contributed by atoms with E-state index in [0.717, 1.165) is 11.4 Å². The quantitative estimate of drug-likeness (QED) is 0.912. The average Bonchev–Trinajstić information content (AvgIpc) is 2.53. The molecule has 2 N–H and O–H groups in total. The molecular weight excluding hydrogens is 246 g/mol. The first-order valence-corrected chi connectivity index (χ1v) is 7.02. The van der Waals surface area contributed by atoms with Crippen LogP contribution in [0.5, 0.6) is 0 Å². The number of hydrogen-bond donors (Lipinski definition) is 1. The Morgan fingerprint density at radius 2 is 2.00 bits per heavy atom.